The summed E-state index contributed by atoms with van der Waals surface area (Å²) in [6, 6.07) is 7.05. The number of carbonyl (C=O) groups is 2. The number of hydrogen-bond donors (Lipinski definition) is 3. The number of benzene rings is 1. The minimum atomic E-state index is -1.08. The Morgan fingerprint density at radius 3 is 2.79 bits per heavy atom. The van der Waals surface area contributed by atoms with E-state index in [-0.39, 0.29) is 36.0 Å². The van der Waals surface area contributed by atoms with E-state index in [1.54, 1.807) is 28.8 Å². The van der Waals surface area contributed by atoms with Gasteiger partial charge in [-0.25, -0.2) is 4.98 Å². The van der Waals surface area contributed by atoms with Crippen molar-refractivity contribution in [3.05, 3.63) is 53.3 Å². The van der Waals surface area contributed by atoms with Gasteiger partial charge in [0.1, 0.15) is 41.8 Å². The first-order valence-corrected chi connectivity index (χ1v) is 9.32. The van der Waals surface area contributed by atoms with Crippen LogP contribution in [0.25, 0.3) is 0 Å². The molecule has 0 radical (unpaired) electrons. The smallest absolute Gasteiger partial charge is 0.230 e. The number of ether oxygens (including phenoxy) is 2. The zero-order chi connectivity index (χ0) is 20.5. The Kier molecular flexibility index (Phi) is 5.18. The molecule has 29 heavy (non-hydrogen) atoms. The highest BCUT2D eigenvalue weighted by Crippen LogP contribution is 2.28. The highest BCUT2D eigenvalue weighted by atomic mass is 16.5. The third-order valence-electron chi connectivity index (χ3n) is 4.86. The van der Waals surface area contributed by atoms with Crippen molar-refractivity contribution in [2.45, 2.75) is 32.3 Å². The lowest BCUT2D eigenvalue weighted by Gasteiger charge is -2.28. The molecule has 152 valence electrons. The maximum absolute atomic E-state index is 12.9. The number of aromatic nitrogens is 2. The van der Waals surface area contributed by atoms with Crippen LogP contribution in [-0.2, 0) is 17.9 Å². The van der Waals surface area contributed by atoms with Crippen LogP contribution >= 0.6 is 0 Å². The van der Waals surface area contributed by atoms with Gasteiger partial charge in [0.15, 0.2) is 0 Å². The maximum Gasteiger partial charge on any atom is 0.230 e. The van der Waals surface area contributed by atoms with Gasteiger partial charge < -0.3 is 29.6 Å². The monoisotopic (exact) mass is 399 g/mol. The van der Waals surface area contributed by atoms with Crippen molar-refractivity contribution in [1.82, 2.24) is 9.55 Å². The standard InChI is InChI=1S/C20H21N3O6/c1-2-28-12-5-3-11(4-6-12)21-13-7-14(25)19-18(20(13)27)22-17-10-29-16(8-23(17)19)15(26)9-24/h3-7,15-16,21,24,26H,2,8-10H2,1H3/t15-,16+/m1/s1. The third kappa shape index (κ3) is 3.55. The van der Waals surface area contributed by atoms with Gasteiger partial charge in [0.25, 0.3) is 0 Å². The molecule has 0 fully saturated rings. The molecule has 9 heteroatoms. The van der Waals surface area contributed by atoms with Crippen LogP contribution in [0, 0.1) is 0 Å². The summed E-state index contributed by atoms with van der Waals surface area (Å²) in [4.78, 5) is 30.0. The highest BCUT2D eigenvalue weighted by molar-refractivity contribution is 6.24. The Labute approximate surface area is 166 Å². The van der Waals surface area contributed by atoms with Crippen LogP contribution in [0.15, 0.2) is 36.0 Å². The third-order valence-corrected chi connectivity index (χ3v) is 4.86. The van der Waals surface area contributed by atoms with Gasteiger partial charge in [-0.15, -0.1) is 0 Å². The molecule has 0 spiro atoms. The van der Waals surface area contributed by atoms with E-state index >= 15 is 0 Å². The minimum Gasteiger partial charge on any atom is -0.494 e. The number of aliphatic hydroxyl groups excluding tert-OH is 2. The van der Waals surface area contributed by atoms with Crippen molar-refractivity contribution >= 4 is 17.3 Å². The number of nitrogens with zero attached hydrogens (tertiary/aromatic N) is 2. The lowest BCUT2D eigenvalue weighted by Crippen LogP contribution is -2.40. The highest BCUT2D eigenvalue weighted by Gasteiger charge is 2.36. The van der Waals surface area contributed by atoms with Crippen molar-refractivity contribution in [3.63, 3.8) is 0 Å². The number of aliphatic hydroxyl groups is 2. The number of ketones is 2. The molecule has 3 N–H and O–H groups in total. The largest absolute Gasteiger partial charge is 0.494 e. The fourth-order valence-electron chi connectivity index (χ4n) is 3.42. The molecule has 0 unspecified atom stereocenters. The van der Waals surface area contributed by atoms with E-state index in [9.17, 15) is 14.7 Å². The fourth-order valence-corrected chi connectivity index (χ4v) is 3.42. The average Bonchev–Trinajstić information content (AvgIpc) is 3.12. The Morgan fingerprint density at radius 2 is 2.10 bits per heavy atom. The number of imidazole rings is 1. The van der Waals surface area contributed by atoms with E-state index in [0.29, 0.717) is 23.9 Å². The van der Waals surface area contributed by atoms with Crippen molar-refractivity contribution in [2.24, 2.45) is 0 Å². The summed E-state index contributed by atoms with van der Waals surface area (Å²) in [5.41, 5.74) is 1.02. The number of Topliss-reactive ketones (excluding diaryl/α,β-unsaturated/α-hetero) is 1. The number of rotatable bonds is 6. The van der Waals surface area contributed by atoms with Gasteiger partial charge in [0, 0.05) is 11.8 Å². The molecule has 1 aromatic heterocycles. The minimum absolute atomic E-state index is 0.0386. The molecule has 2 aliphatic rings. The van der Waals surface area contributed by atoms with E-state index < -0.39 is 24.6 Å². The van der Waals surface area contributed by atoms with Crippen LogP contribution < -0.4 is 10.1 Å². The number of hydrogen-bond acceptors (Lipinski definition) is 8. The molecule has 1 aliphatic carbocycles. The maximum atomic E-state index is 12.9. The quantitative estimate of drug-likeness (QED) is 0.655. The number of fused-ring (bicyclic) bond motifs is 3. The molecule has 0 bridgehead atoms. The summed E-state index contributed by atoms with van der Waals surface area (Å²) in [6.07, 6.45) is -0.507. The van der Waals surface area contributed by atoms with Crippen molar-refractivity contribution < 1.29 is 29.3 Å². The number of carbonyl (C=O) groups excluding carboxylic acids is 2. The number of anilines is 1. The zero-order valence-electron chi connectivity index (χ0n) is 15.8. The number of nitrogens with one attached hydrogen (secondary N) is 1. The van der Waals surface area contributed by atoms with Gasteiger partial charge in [0.05, 0.1) is 25.5 Å². The van der Waals surface area contributed by atoms with E-state index in [2.05, 4.69) is 10.3 Å². The van der Waals surface area contributed by atoms with Gasteiger partial charge >= 0.3 is 0 Å². The summed E-state index contributed by atoms with van der Waals surface area (Å²) < 4.78 is 12.5. The second-order valence-corrected chi connectivity index (χ2v) is 6.77. The van der Waals surface area contributed by atoms with Crippen LogP contribution in [0.1, 0.15) is 33.7 Å². The van der Waals surface area contributed by atoms with Crippen LogP contribution in [0.3, 0.4) is 0 Å². The topological polar surface area (TPSA) is 123 Å². The van der Waals surface area contributed by atoms with Crippen LogP contribution in [0.2, 0.25) is 0 Å². The molecule has 2 atom stereocenters. The van der Waals surface area contributed by atoms with E-state index in [0.717, 1.165) is 0 Å². The summed E-state index contributed by atoms with van der Waals surface area (Å²) in [5, 5.41) is 21.9. The molecular weight excluding hydrogens is 378 g/mol. The van der Waals surface area contributed by atoms with Crippen LogP contribution in [0.4, 0.5) is 5.69 Å². The molecule has 0 amide bonds. The van der Waals surface area contributed by atoms with Gasteiger partial charge in [0.2, 0.25) is 11.6 Å². The molecule has 0 saturated carbocycles. The van der Waals surface area contributed by atoms with Crippen molar-refractivity contribution in [1.29, 1.82) is 0 Å². The van der Waals surface area contributed by atoms with Crippen LogP contribution in [-0.4, -0.2) is 56.8 Å². The van der Waals surface area contributed by atoms with Gasteiger partial charge in [-0.05, 0) is 31.2 Å². The molecular formula is C20H21N3O6. The molecule has 9 nitrogen and oxygen atoms in total. The molecule has 2 heterocycles. The lowest BCUT2D eigenvalue weighted by molar-refractivity contribution is -0.0873. The molecule has 2 aromatic rings. The normalized spacial score (nSPS) is 19.3. The number of allylic oxidation sites excluding steroid dienone is 2. The SMILES string of the molecule is CCOc1ccc(NC2=CC(=O)c3c(nc4n3C[C@@H]([C@H](O)CO)OC4)C2=O)cc1. The zero-order valence-corrected chi connectivity index (χ0v) is 15.8. The first-order chi connectivity index (χ1) is 14.0. The molecule has 1 aromatic carbocycles. The average molecular weight is 399 g/mol. The summed E-state index contributed by atoms with van der Waals surface area (Å²) >= 11 is 0. The predicted molar refractivity (Wildman–Crippen MR) is 102 cm³/mol. The second kappa shape index (κ2) is 7.78. The van der Waals surface area contributed by atoms with Crippen molar-refractivity contribution in [2.75, 3.05) is 18.5 Å². The Balaban J connectivity index is 1.58. The summed E-state index contributed by atoms with van der Waals surface area (Å²) in [7, 11) is 0. The Hall–Kier alpha value is -3.01. The Bertz CT molecular complexity index is 979. The fraction of sp³-hybridized carbons (Fsp3) is 0.350. The van der Waals surface area contributed by atoms with Gasteiger partial charge in [-0.2, -0.15) is 0 Å². The first-order valence-electron chi connectivity index (χ1n) is 9.32. The lowest BCUT2D eigenvalue weighted by atomic mass is 10.0. The van der Waals surface area contributed by atoms with E-state index in [4.69, 9.17) is 14.6 Å². The van der Waals surface area contributed by atoms with Gasteiger partial charge in [-0.3, -0.25) is 9.59 Å². The second-order valence-electron chi connectivity index (χ2n) is 6.77. The van der Waals surface area contributed by atoms with Crippen molar-refractivity contribution in [3.8, 4) is 5.75 Å². The van der Waals surface area contributed by atoms with E-state index in [1.165, 1.54) is 6.08 Å². The molecule has 4 rings (SSSR count). The Morgan fingerprint density at radius 1 is 1.34 bits per heavy atom. The predicted octanol–water partition coefficient (Wildman–Crippen LogP) is 0.909. The molecule has 0 saturated heterocycles. The summed E-state index contributed by atoms with van der Waals surface area (Å²) in [5.74, 6) is 0.399. The summed E-state index contributed by atoms with van der Waals surface area (Å²) in [6.45, 7) is 2.16. The molecule has 1 aliphatic heterocycles. The van der Waals surface area contributed by atoms with Crippen LogP contribution in [0.5, 0.6) is 5.75 Å². The van der Waals surface area contributed by atoms with Gasteiger partial charge in [-0.1, -0.05) is 0 Å². The first kappa shape index (κ1) is 19.3. The van der Waals surface area contributed by atoms with E-state index in [1.807, 2.05) is 6.92 Å².